The summed E-state index contributed by atoms with van der Waals surface area (Å²) < 4.78 is 56.4. The van der Waals surface area contributed by atoms with E-state index in [1.165, 1.54) is 62.4 Å². The molecule has 0 saturated heterocycles. The second kappa shape index (κ2) is 9.73. The number of azide groups is 2. The van der Waals surface area contributed by atoms with E-state index in [1.807, 2.05) is 0 Å². The molecular formula is C20H18N8O4S2. The summed E-state index contributed by atoms with van der Waals surface area (Å²) in [7, 11) is -8.25. The van der Waals surface area contributed by atoms with Crippen molar-refractivity contribution in [3.8, 4) is 0 Å². The second-order valence-corrected chi connectivity index (χ2v) is 10.3. The van der Waals surface area contributed by atoms with Crippen LogP contribution in [0.2, 0.25) is 0 Å². The number of sulfonamides is 2. The number of rotatable bonds is 8. The molecule has 34 heavy (non-hydrogen) atoms. The van der Waals surface area contributed by atoms with E-state index in [4.69, 9.17) is 11.1 Å². The molecule has 0 atom stereocenters. The normalized spacial score (nSPS) is 11.1. The first kappa shape index (κ1) is 24.4. The maximum Gasteiger partial charge on any atom is 0.261 e. The van der Waals surface area contributed by atoms with Crippen molar-refractivity contribution in [2.45, 2.75) is 23.6 Å². The highest BCUT2D eigenvalue weighted by Gasteiger charge is 2.25. The molecule has 174 valence electrons. The lowest BCUT2D eigenvalue weighted by Crippen LogP contribution is -2.16. The van der Waals surface area contributed by atoms with Gasteiger partial charge in [-0.05, 0) is 60.3 Å². The third kappa shape index (κ3) is 4.90. The Bertz CT molecular complexity index is 1430. The molecule has 3 rings (SSSR count). The number of benzene rings is 3. The van der Waals surface area contributed by atoms with Crippen molar-refractivity contribution in [2.24, 2.45) is 10.2 Å². The second-order valence-electron chi connectivity index (χ2n) is 6.91. The largest absolute Gasteiger partial charge is 0.279 e. The number of nitrogens with zero attached hydrogens (tertiary/aromatic N) is 6. The van der Waals surface area contributed by atoms with Crippen LogP contribution >= 0.6 is 0 Å². The topological polar surface area (TPSA) is 190 Å². The molecule has 0 saturated carbocycles. The smallest absolute Gasteiger partial charge is 0.261 e. The van der Waals surface area contributed by atoms with Crippen LogP contribution in [0.4, 0.5) is 22.7 Å². The molecule has 0 aromatic heterocycles. The van der Waals surface area contributed by atoms with Gasteiger partial charge in [0.05, 0.1) is 32.5 Å². The lowest BCUT2D eigenvalue weighted by molar-refractivity contribution is 0.599. The lowest BCUT2D eigenvalue weighted by Gasteiger charge is -2.21. The van der Waals surface area contributed by atoms with Crippen molar-refractivity contribution in [2.75, 3.05) is 9.44 Å². The van der Waals surface area contributed by atoms with Crippen molar-refractivity contribution < 1.29 is 16.8 Å². The van der Waals surface area contributed by atoms with Crippen LogP contribution in [0, 0.1) is 13.8 Å². The summed E-state index contributed by atoms with van der Waals surface area (Å²) in [4.78, 5) is 5.39. The van der Waals surface area contributed by atoms with E-state index >= 15 is 0 Å². The van der Waals surface area contributed by atoms with Crippen LogP contribution in [0.3, 0.4) is 0 Å². The van der Waals surface area contributed by atoms with Gasteiger partial charge < -0.3 is 0 Å². The molecule has 0 spiro atoms. The van der Waals surface area contributed by atoms with Gasteiger partial charge in [0.2, 0.25) is 0 Å². The summed E-state index contributed by atoms with van der Waals surface area (Å²) in [6, 6.07) is 14.9. The van der Waals surface area contributed by atoms with E-state index in [1.54, 1.807) is 12.1 Å². The average molecular weight is 499 g/mol. The van der Waals surface area contributed by atoms with Gasteiger partial charge in [-0.3, -0.25) is 9.44 Å². The van der Waals surface area contributed by atoms with Gasteiger partial charge >= 0.3 is 0 Å². The minimum Gasteiger partial charge on any atom is -0.279 e. The van der Waals surface area contributed by atoms with E-state index in [2.05, 4.69) is 29.5 Å². The van der Waals surface area contributed by atoms with Crippen molar-refractivity contribution in [1.82, 2.24) is 0 Å². The zero-order valence-corrected chi connectivity index (χ0v) is 19.5. The Morgan fingerprint density at radius 2 is 0.971 bits per heavy atom. The van der Waals surface area contributed by atoms with Crippen LogP contribution in [0.25, 0.3) is 20.9 Å². The van der Waals surface area contributed by atoms with Gasteiger partial charge in [-0.15, -0.1) is 0 Å². The molecule has 0 radical (unpaired) electrons. The molecule has 14 heteroatoms. The van der Waals surface area contributed by atoms with Gasteiger partial charge in [-0.25, -0.2) is 16.8 Å². The van der Waals surface area contributed by atoms with Crippen molar-refractivity contribution in [3.05, 3.63) is 92.7 Å². The maximum atomic E-state index is 12.9. The molecule has 0 aliphatic heterocycles. The summed E-state index contributed by atoms with van der Waals surface area (Å²) in [6.07, 6.45) is 0. The van der Waals surface area contributed by atoms with E-state index < -0.39 is 20.0 Å². The summed E-state index contributed by atoms with van der Waals surface area (Å²) in [5.74, 6) is 0. The Labute approximate surface area is 195 Å². The lowest BCUT2D eigenvalue weighted by atomic mass is 10.0. The molecule has 3 aromatic rings. The van der Waals surface area contributed by atoms with E-state index in [9.17, 15) is 16.8 Å². The number of hydrogen-bond acceptors (Lipinski definition) is 6. The van der Waals surface area contributed by atoms with Gasteiger partial charge in [-0.1, -0.05) is 46.6 Å². The molecule has 3 aromatic carbocycles. The molecule has 2 N–H and O–H groups in total. The Balaban J connectivity index is 2.26. The van der Waals surface area contributed by atoms with E-state index in [0.29, 0.717) is 0 Å². The zero-order valence-electron chi connectivity index (χ0n) is 17.9. The Morgan fingerprint density at radius 3 is 1.26 bits per heavy atom. The monoisotopic (exact) mass is 498 g/mol. The number of hydrogen-bond donors (Lipinski definition) is 2. The van der Waals surface area contributed by atoms with Gasteiger partial charge in [0.15, 0.2) is 0 Å². The molecule has 0 unspecified atom stereocenters. The van der Waals surface area contributed by atoms with E-state index in [0.717, 1.165) is 0 Å². The highest BCUT2D eigenvalue weighted by atomic mass is 32.2. The summed E-state index contributed by atoms with van der Waals surface area (Å²) >= 11 is 0. The fourth-order valence-corrected chi connectivity index (χ4v) is 5.45. The average Bonchev–Trinajstić information content (AvgIpc) is 2.83. The van der Waals surface area contributed by atoms with Gasteiger partial charge in [0.1, 0.15) is 0 Å². The maximum absolute atomic E-state index is 12.9. The Hall–Kier alpha value is -4.22. The third-order valence-corrected chi connectivity index (χ3v) is 7.53. The molecule has 0 aliphatic rings. The fraction of sp³-hybridized carbons (Fsp3) is 0.100. The standard InChI is InChI=1S/C20H18N8O4S2/c1-13-17(23-27-21)20(26-34(31,32)16-11-7-4-8-12-16)14(2)18(24-28-22)19(13)25-33(29,30)15-9-5-3-6-10-15/h3-12,25-26H,1-2H3. The molecule has 0 heterocycles. The number of anilines is 2. The van der Waals surface area contributed by atoms with Crippen LogP contribution in [0.5, 0.6) is 0 Å². The predicted molar refractivity (Wildman–Crippen MR) is 128 cm³/mol. The predicted octanol–water partition coefficient (Wildman–Crippen LogP) is 5.79. The highest BCUT2D eigenvalue weighted by molar-refractivity contribution is 7.93. The molecule has 0 aliphatic carbocycles. The summed E-state index contributed by atoms with van der Waals surface area (Å²) in [5, 5.41) is 7.19. The van der Waals surface area contributed by atoms with Crippen LogP contribution in [-0.2, 0) is 20.0 Å². The fourth-order valence-electron chi connectivity index (χ4n) is 3.14. The SMILES string of the molecule is Cc1c(N=[N+]=[N-])c(NS(=O)(=O)c2ccccc2)c(C)c(N=[N+]=[N-])c1NS(=O)(=O)c1ccccc1. The van der Waals surface area contributed by atoms with Crippen LogP contribution in [0.15, 0.2) is 80.7 Å². The molecule has 12 nitrogen and oxygen atoms in total. The van der Waals surface area contributed by atoms with Crippen LogP contribution < -0.4 is 9.44 Å². The van der Waals surface area contributed by atoms with Gasteiger partial charge in [0.25, 0.3) is 20.0 Å². The molecule has 0 amide bonds. The Kier molecular flexibility index (Phi) is 6.99. The van der Waals surface area contributed by atoms with Crippen molar-refractivity contribution >= 4 is 42.8 Å². The van der Waals surface area contributed by atoms with Gasteiger partial charge in [-0.2, -0.15) is 0 Å². The van der Waals surface area contributed by atoms with Crippen molar-refractivity contribution in [3.63, 3.8) is 0 Å². The molecule has 0 fully saturated rings. The van der Waals surface area contributed by atoms with Crippen LogP contribution in [-0.4, -0.2) is 16.8 Å². The molecule has 0 bridgehead atoms. The highest BCUT2D eigenvalue weighted by Crippen LogP contribution is 2.46. The Morgan fingerprint density at radius 1 is 0.647 bits per heavy atom. The first-order valence-electron chi connectivity index (χ1n) is 9.55. The number of nitrogens with one attached hydrogen (secondary N) is 2. The van der Waals surface area contributed by atoms with E-state index in [-0.39, 0.29) is 43.7 Å². The first-order valence-corrected chi connectivity index (χ1v) is 12.5. The van der Waals surface area contributed by atoms with Crippen molar-refractivity contribution in [1.29, 1.82) is 0 Å². The van der Waals surface area contributed by atoms with Gasteiger partial charge in [0, 0.05) is 9.82 Å². The summed E-state index contributed by atoms with van der Waals surface area (Å²) in [6.45, 7) is 2.81. The zero-order chi connectivity index (χ0) is 24.9. The third-order valence-electron chi connectivity index (χ3n) is 4.80. The minimum absolute atomic E-state index is 0.0519. The van der Waals surface area contributed by atoms with Crippen LogP contribution in [0.1, 0.15) is 11.1 Å². The first-order chi connectivity index (χ1) is 16.1. The minimum atomic E-state index is -4.12. The summed E-state index contributed by atoms with van der Waals surface area (Å²) in [5.41, 5.74) is 17.7. The molecular weight excluding hydrogens is 480 g/mol. The quantitative estimate of drug-likeness (QED) is 0.226.